The van der Waals surface area contributed by atoms with E-state index in [9.17, 15) is 0 Å². The fraction of sp³-hybridized carbons (Fsp3) is 0.286. The van der Waals surface area contributed by atoms with E-state index >= 15 is 0 Å². The fourth-order valence-corrected chi connectivity index (χ4v) is 0.277. The summed E-state index contributed by atoms with van der Waals surface area (Å²) < 4.78 is 0. The average Bonchev–Trinajstić information content (AvgIpc) is 1.96. The molecule has 0 aliphatic heterocycles. The molecule has 0 unspecified atom stereocenters. The Labute approximate surface area is 99.3 Å². The van der Waals surface area contributed by atoms with E-state index in [-0.39, 0.29) is 51.4 Å². The SMILES string of the molecule is CC.[K+].[c-]1ccncc1. The molecule has 0 atom stereocenters. The van der Waals surface area contributed by atoms with Gasteiger partial charge in [0.25, 0.3) is 0 Å². The number of pyridine rings is 1. The predicted octanol–water partition coefficient (Wildman–Crippen LogP) is -1.09. The second kappa shape index (κ2) is 11.6. The maximum Gasteiger partial charge on any atom is 1.00 e. The van der Waals surface area contributed by atoms with E-state index in [1.165, 1.54) is 0 Å². The van der Waals surface area contributed by atoms with Crippen LogP contribution in [0.5, 0.6) is 0 Å². The van der Waals surface area contributed by atoms with Gasteiger partial charge in [-0.25, -0.2) is 0 Å². The number of hydrogen-bond donors (Lipinski definition) is 0. The van der Waals surface area contributed by atoms with Crippen molar-refractivity contribution in [1.82, 2.24) is 4.98 Å². The van der Waals surface area contributed by atoms with Crippen molar-refractivity contribution < 1.29 is 51.4 Å². The van der Waals surface area contributed by atoms with Crippen molar-refractivity contribution >= 4 is 0 Å². The van der Waals surface area contributed by atoms with Crippen LogP contribution in [0.1, 0.15) is 13.8 Å². The van der Waals surface area contributed by atoms with Crippen LogP contribution in [0.2, 0.25) is 0 Å². The summed E-state index contributed by atoms with van der Waals surface area (Å²) in [6.07, 6.45) is 3.39. The molecule has 0 N–H and O–H groups in total. The van der Waals surface area contributed by atoms with Gasteiger partial charge in [0.15, 0.2) is 0 Å². The summed E-state index contributed by atoms with van der Waals surface area (Å²) in [6, 6.07) is 6.36. The van der Waals surface area contributed by atoms with Gasteiger partial charge in [-0.3, -0.25) is 0 Å². The maximum atomic E-state index is 3.75. The van der Waals surface area contributed by atoms with Crippen LogP contribution in [0.25, 0.3) is 0 Å². The minimum Gasteiger partial charge on any atom is -0.391 e. The molecule has 2 heteroatoms. The second-order valence-corrected chi connectivity index (χ2v) is 0.947. The van der Waals surface area contributed by atoms with Gasteiger partial charge in [-0.2, -0.15) is 18.2 Å². The number of rotatable bonds is 0. The van der Waals surface area contributed by atoms with Gasteiger partial charge in [-0.15, -0.1) is 0 Å². The first-order valence-electron chi connectivity index (χ1n) is 2.76. The maximum absolute atomic E-state index is 3.75. The summed E-state index contributed by atoms with van der Waals surface area (Å²) >= 11 is 0. The summed E-state index contributed by atoms with van der Waals surface area (Å²) in [4.78, 5) is 3.75. The van der Waals surface area contributed by atoms with Gasteiger partial charge in [0.05, 0.1) is 0 Å². The van der Waals surface area contributed by atoms with Gasteiger partial charge >= 0.3 is 51.4 Å². The molecule has 0 bridgehead atoms. The molecule has 1 rings (SSSR count). The molecule has 44 valence electrons. The Hall–Kier alpha value is 0.786. The number of nitrogens with zero attached hydrogens (tertiary/aromatic N) is 1. The van der Waals surface area contributed by atoms with Gasteiger partial charge in [-0.1, -0.05) is 26.2 Å². The van der Waals surface area contributed by atoms with E-state index < -0.39 is 0 Å². The molecule has 1 aromatic heterocycles. The first-order chi connectivity index (χ1) is 4.00. The Kier molecular flexibility index (Phi) is 16.0. The topological polar surface area (TPSA) is 12.9 Å². The Balaban J connectivity index is 0. The molecular weight excluding hydrogens is 137 g/mol. The monoisotopic (exact) mass is 147 g/mol. The summed E-state index contributed by atoms with van der Waals surface area (Å²) in [7, 11) is 0. The van der Waals surface area contributed by atoms with Gasteiger partial charge < -0.3 is 4.98 Å². The first-order valence-corrected chi connectivity index (χ1v) is 2.76. The van der Waals surface area contributed by atoms with E-state index in [1.54, 1.807) is 24.5 Å². The van der Waals surface area contributed by atoms with Crippen molar-refractivity contribution in [3.8, 4) is 0 Å². The molecule has 0 aliphatic rings. The van der Waals surface area contributed by atoms with Crippen LogP contribution in [-0.2, 0) is 0 Å². The van der Waals surface area contributed by atoms with E-state index in [0.29, 0.717) is 0 Å². The van der Waals surface area contributed by atoms with Crippen LogP contribution in [0.4, 0.5) is 0 Å². The molecule has 0 radical (unpaired) electrons. The molecular formula is C7H10KN. The van der Waals surface area contributed by atoms with Gasteiger partial charge in [0.2, 0.25) is 0 Å². The molecule has 1 aromatic rings. The molecule has 0 aliphatic carbocycles. The molecule has 0 aromatic carbocycles. The molecule has 1 heterocycles. The minimum absolute atomic E-state index is 0. The van der Waals surface area contributed by atoms with Crippen molar-refractivity contribution in [3.63, 3.8) is 0 Å². The van der Waals surface area contributed by atoms with Crippen LogP contribution in [0.15, 0.2) is 24.5 Å². The van der Waals surface area contributed by atoms with Crippen molar-refractivity contribution in [2.45, 2.75) is 13.8 Å². The number of aromatic nitrogens is 1. The van der Waals surface area contributed by atoms with Crippen LogP contribution < -0.4 is 51.4 Å². The average molecular weight is 147 g/mol. The third-order valence-corrected chi connectivity index (χ3v) is 0.514. The zero-order chi connectivity index (χ0) is 6.24. The third-order valence-electron chi connectivity index (χ3n) is 0.514. The van der Waals surface area contributed by atoms with Gasteiger partial charge in [0, 0.05) is 0 Å². The summed E-state index contributed by atoms with van der Waals surface area (Å²) in [5.74, 6) is 0. The summed E-state index contributed by atoms with van der Waals surface area (Å²) in [5, 5.41) is 0. The molecule has 0 spiro atoms. The Morgan fingerprint density at radius 3 is 1.67 bits per heavy atom. The van der Waals surface area contributed by atoms with E-state index in [2.05, 4.69) is 11.1 Å². The minimum atomic E-state index is 0. The largest absolute Gasteiger partial charge is 1.00 e. The molecule has 9 heavy (non-hydrogen) atoms. The summed E-state index contributed by atoms with van der Waals surface area (Å²) in [6.45, 7) is 4.00. The summed E-state index contributed by atoms with van der Waals surface area (Å²) in [5.41, 5.74) is 0. The van der Waals surface area contributed by atoms with Crippen LogP contribution in [-0.4, -0.2) is 4.98 Å². The smallest absolute Gasteiger partial charge is 0.391 e. The van der Waals surface area contributed by atoms with Crippen molar-refractivity contribution in [1.29, 1.82) is 0 Å². The van der Waals surface area contributed by atoms with Crippen LogP contribution in [0, 0.1) is 6.07 Å². The van der Waals surface area contributed by atoms with E-state index in [0.717, 1.165) is 0 Å². The Morgan fingerprint density at radius 2 is 1.56 bits per heavy atom. The zero-order valence-corrected chi connectivity index (χ0v) is 9.38. The second-order valence-electron chi connectivity index (χ2n) is 0.947. The van der Waals surface area contributed by atoms with Crippen molar-refractivity contribution in [2.75, 3.05) is 0 Å². The molecule has 0 saturated carbocycles. The molecule has 0 amide bonds. The molecule has 1 nitrogen and oxygen atoms in total. The zero-order valence-electron chi connectivity index (χ0n) is 6.26. The normalized spacial score (nSPS) is 6.00. The third kappa shape index (κ3) is 8.79. The van der Waals surface area contributed by atoms with Gasteiger partial charge in [0.1, 0.15) is 0 Å². The quantitative estimate of drug-likeness (QED) is 0.336. The Morgan fingerprint density at radius 1 is 1.11 bits per heavy atom. The Bertz CT molecular complexity index is 80.8. The first kappa shape index (κ1) is 12.5. The molecule has 0 saturated heterocycles. The van der Waals surface area contributed by atoms with Gasteiger partial charge in [-0.05, 0) is 0 Å². The van der Waals surface area contributed by atoms with Crippen molar-refractivity contribution in [2.24, 2.45) is 0 Å². The predicted molar refractivity (Wildman–Crippen MR) is 34.4 cm³/mol. The molecule has 0 fully saturated rings. The van der Waals surface area contributed by atoms with E-state index in [1.807, 2.05) is 13.8 Å². The standard InChI is InChI=1S/C5H4N.C2H6.K/c1-2-4-6-5-3-1;1-2;/h2-5H;1-2H3;/q-1;;+1. The number of hydrogen-bond acceptors (Lipinski definition) is 1. The van der Waals surface area contributed by atoms with E-state index in [4.69, 9.17) is 0 Å². The fourth-order valence-electron chi connectivity index (χ4n) is 0.277. The van der Waals surface area contributed by atoms with Crippen LogP contribution in [0.3, 0.4) is 0 Å². The van der Waals surface area contributed by atoms with Crippen LogP contribution >= 0.6 is 0 Å². The van der Waals surface area contributed by atoms with Crippen molar-refractivity contribution in [3.05, 3.63) is 30.6 Å².